The number of halogens is 1. The third-order valence-electron chi connectivity index (χ3n) is 3.38. The Hall–Kier alpha value is -1.30. The molecule has 2 rings (SSSR count). The Labute approximate surface area is 130 Å². The third-order valence-corrected chi connectivity index (χ3v) is 3.68. The zero-order chi connectivity index (χ0) is 15.2. The summed E-state index contributed by atoms with van der Waals surface area (Å²) in [7, 11) is 1.85. The number of morpholine rings is 1. The van der Waals surface area contributed by atoms with E-state index in [-0.39, 0.29) is 5.91 Å². The highest BCUT2D eigenvalue weighted by molar-refractivity contribution is 6.32. The van der Waals surface area contributed by atoms with Gasteiger partial charge in [-0.05, 0) is 20.0 Å². The first-order valence-electron chi connectivity index (χ1n) is 7.08. The molecule has 21 heavy (non-hydrogen) atoms. The van der Waals surface area contributed by atoms with Gasteiger partial charge in [0.15, 0.2) is 6.10 Å². The average molecular weight is 313 g/mol. The number of carbonyl (C=O) groups excluding carboxylic acids is 1. The van der Waals surface area contributed by atoms with E-state index in [1.165, 1.54) is 0 Å². The standard InChI is InChI=1S/C15H21ClN2O3/c1-11(15(19)18-6-8-20-9-7-18)21-14-12(10-17-2)4-3-5-13(14)16/h3-5,11,17H,6-10H2,1-2H3. The molecule has 1 aliphatic rings. The van der Waals surface area contributed by atoms with Crippen molar-refractivity contribution in [2.45, 2.75) is 19.6 Å². The Morgan fingerprint density at radius 2 is 2.19 bits per heavy atom. The summed E-state index contributed by atoms with van der Waals surface area (Å²) in [6, 6.07) is 5.57. The third kappa shape index (κ3) is 4.09. The van der Waals surface area contributed by atoms with Crippen molar-refractivity contribution in [2.75, 3.05) is 33.4 Å². The van der Waals surface area contributed by atoms with Gasteiger partial charge in [0.05, 0.1) is 18.2 Å². The molecule has 6 heteroatoms. The van der Waals surface area contributed by atoms with Crippen molar-refractivity contribution in [2.24, 2.45) is 0 Å². The summed E-state index contributed by atoms with van der Waals surface area (Å²) in [6.07, 6.45) is -0.571. The van der Waals surface area contributed by atoms with Crippen molar-refractivity contribution < 1.29 is 14.3 Å². The van der Waals surface area contributed by atoms with Crippen LogP contribution in [0, 0.1) is 0 Å². The zero-order valence-electron chi connectivity index (χ0n) is 12.4. The summed E-state index contributed by atoms with van der Waals surface area (Å²) in [5.41, 5.74) is 0.937. The van der Waals surface area contributed by atoms with Gasteiger partial charge < -0.3 is 19.7 Å². The molecule has 1 aliphatic heterocycles. The predicted octanol–water partition coefficient (Wildman–Crippen LogP) is 1.69. The van der Waals surface area contributed by atoms with E-state index < -0.39 is 6.10 Å². The van der Waals surface area contributed by atoms with E-state index in [1.807, 2.05) is 19.2 Å². The number of hydrogen-bond acceptors (Lipinski definition) is 4. The fraction of sp³-hybridized carbons (Fsp3) is 0.533. The van der Waals surface area contributed by atoms with Crippen molar-refractivity contribution in [3.05, 3.63) is 28.8 Å². The SMILES string of the molecule is CNCc1cccc(Cl)c1OC(C)C(=O)N1CCOCC1. The highest BCUT2D eigenvalue weighted by Crippen LogP contribution is 2.29. The molecule has 0 bridgehead atoms. The van der Waals surface area contributed by atoms with Gasteiger partial charge in [-0.1, -0.05) is 23.7 Å². The Kier molecular flexibility index (Phi) is 5.85. The Bertz CT molecular complexity index is 490. The molecular weight excluding hydrogens is 292 g/mol. The Balaban J connectivity index is 2.07. The Morgan fingerprint density at radius 3 is 2.86 bits per heavy atom. The molecule has 0 saturated carbocycles. The molecule has 1 amide bonds. The highest BCUT2D eigenvalue weighted by Gasteiger charge is 2.25. The summed E-state index contributed by atoms with van der Waals surface area (Å²) in [5, 5.41) is 3.58. The van der Waals surface area contributed by atoms with Crippen LogP contribution in [-0.2, 0) is 16.1 Å². The fourth-order valence-electron chi connectivity index (χ4n) is 2.28. The lowest BCUT2D eigenvalue weighted by atomic mass is 10.2. The maximum absolute atomic E-state index is 12.4. The molecule has 1 unspecified atom stereocenters. The van der Waals surface area contributed by atoms with Crippen molar-refractivity contribution in [3.63, 3.8) is 0 Å². The van der Waals surface area contributed by atoms with Crippen molar-refractivity contribution in [1.29, 1.82) is 0 Å². The number of hydrogen-bond donors (Lipinski definition) is 1. The normalized spacial score (nSPS) is 16.6. The first-order valence-corrected chi connectivity index (χ1v) is 7.46. The summed E-state index contributed by atoms with van der Waals surface area (Å²) >= 11 is 6.20. The van der Waals surface area contributed by atoms with E-state index in [1.54, 1.807) is 17.9 Å². The van der Waals surface area contributed by atoms with Gasteiger partial charge in [-0.2, -0.15) is 0 Å². The van der Waals surface area contributed by atoms with Crippen LogP contribution in [0.4, 0.5) is 0 Å². The van der Waals surface area contributed by atoms with Crippen LogP contribution in [0.2, 0.25) is 5.02 Å². The first-order chi connectivity index (χ1) is 10.1. The van der Waals surface area contributed by atoms with E-state index in [2.05, 4.69) is 5.32 Å². The largest absolute Gasteiger partial charge is 0.479 e. The maximum atomic E-state index is 12.4. The van der Waals surface area contributed by atoms with E-state index in [0.717, 1.165) is 5.56 Å². The number of rotatable bonds is 5. The molecule has 1 aromatic rings. The molecule has 1 N–H and O–H groups in total. The topological polar surface area (TPSA) is 50.8 Å². The van der Waals surface area contributed by atoms with Gasteiger partial charge in [0.1, 0.15) is 5.75 Å². The summed E-state index contributed by atoms with van der Waals surface area (Å²) < 4.78 is 11.1. The number of para-hydroxylation sites is 1. The van der Waals surface area contributed by atoms with Gasteiger partial charge in [-0.25, -0.2) is 0 Å². The van der Waals surface area contributed by atoms with Crippen LogP contribution in [0.25, 0.3) is 0 Å². The molecule has 5 nitrogen and oxygen atoms in total. The van der Waals surface area contributed by atoms with Gasteiger partial charge in [-0.15, -0.1) is 0 Å². The highest BCUT2D eigenvalue weighted by atomic mass is 35.5. The van der Waals surface area contributed by atoms with E-state index in [9.17, 15) is 4.79 Å². The second kappa shape index (κ2) is 7.64. The zero-order valence-corrected chi connectivity index (χ0v) is 13.2. The van der Waals surface area contributed by atoms with Crippen LogP contribution in [-0.4, -0.2) is 50.3 Å². The molecule has 1 saturated heterocycles. The number of nitrogens with one attached hydrogen (secondary N) is 1. The van der Waals surface area contributed by atoms with Crippen LogP contribution in [0.1, 0.15) is 12.5 Å². The summed E-state index contributed by atoms with van der Waals surface area (Å²) in [4.78, 5) is 14.1. The second-order valence-corrected chi connectivity index (χ2v) is 5.36. The molecular formula is C15H21ClN2O3. The summed E-state index contributed by atoms with van der Waals surface area (Å²) in [6.45, 7) is 4.76. The smallest absolute Gasteiger partial charge is 0.263 e. The lowest BCUT2D eigenvalue weighted by Gasteiger charge is -2.29. The van der Waals surface area contributed by atoms with Crippen molar-refractivity contribution >= 4 is 17.5 Å². The predicted molar refractivity (Wildman–Crippen MR) is 81.7 cm³/mol. The fourth-order valence-corrected chi connectivity index (χ4v) is 2.52. The lowest BCUT2D eigenvalue weighted by Crippen LogP contribution is -2.46. The van der Waals surface area contributed by atoms with Gasteiger partial charge >= 0.3 is 0 Å². The summed E-state index contributed by atoms with van der Waals surface area (Å²) in [5.74, 6) is 0.538. The van der Waals surface area contributed by atoms with E-state index in [0.29, 0.717) is 43.6 Å². The van der Waals surface area contributed by atoms with Crippen LogP contribution < -0.4 is 10.1 Å². The van der Waals surface area contributed by atoms with Crippen LogP contribution in [0.15, 0.2) is 18.2 Å². The Morgan fingerprint density at radius 1 is 1.48 bits per heavy atom. The number of ether oxygens (including phenoxy) is 2. The van der Waals surface area contributed by atoms with Crippen molar-refractivity contribution in [1.82, 2.24) is 10.2 Å². The molecule has 0 aliphatic carbocycles. The quantitative estimate of drug-likeness (QED) is 0.899. The van der Waals surface area contributed by atoms with E-state index >= 15 is 0 Å². The molecule has 1 aromatic carbocycles. The molecule has 0 spiro atoms. The van der Waals surface area contributed by atoms with Crippen molar-refractivity contribution in [3.8, 4) is 5.75 Å². The molecule has 1 fully saturated rings. The minimum atomic E-state index is -0.571. The van der Waals surface area contributed by atoms with Gasteiger partial charge in [-0.3, -0.25) is 4.79 Å². The second-order valence-electron chi connectivity index (χ2n) is 4.96. The van der Waals surface area contributed by atoms with E-state index in [4.69, 9.17) is 21.1 Å². The van der Waals surface area contributed by atoms with Gasteiger partial charge in [0, 0.05) is 25.2 Å². The van der Waals surface area contributed by atoms with Crippen LogP contribution >= 0.6 is 11.6 Å². The minimum absolute atomic E-state index is 0.0337. The number of carbonyl (C=O) groups is 1. The van der Waals surface area contributed by atoms with Crippen LogP contribution in [0.5, 0.6) is 5.75 Å². The molecule has 1 heterocycles. The number of nitrogens with zero attached hydrogens (tertiary/aromatic N) is 1. The first kappa shape index (κ1) is 16.1. The molecule has 1 atom stereocenters. The molecule has 116 valence electrons. The van der Waals surface area contributed by atoms with Gasteiger partial charge in [0.2, 0.25) is 0 Å². The minimum Gasteiger partial charge on any atom is -0.479 e. The average Bonchev–Trinajstić information content (AvgIpc) is 2.51. The lowest BCUT2D eigenvalue weighted by molar-refractivity contribution is -0.142. The molecule has 0 aromatic heterocycles. The molecule has 0 radical (unpaired) electrons. The number of amides is 1. The van der Waals surface area contributed by atoms with Gasteiger partial charge in [0.25, 0.3) is 5.91 Å². The number of benzene rings is 1. The van der Waals surface area contributed by atoms with Crippen LogP contribution in [0.3, 0.4) is 0 Å². The maximum Gasteiger partial charge on any atom is 0.263 e. The monoisotopic (exact) mass is 312 g/mol.